The number of hydrogen-bond acceptors (Lipinski definition) is 6. The van der Waals surface area contributed by atoms with Gasteiger partial charge in [0.05, 0.1) is 29.1 Å². The quantitative estimate of drug-likeness (QED) is 0.400. The summed E-state index contributed by atoms with van der Waals surface area (Å²) in [5, 5.41) is 18.0. The van der Waals surface area contributed by atoms with Crippen LogP contribution in [0, 0.1) is 12.8 Å². The number of hydrogen-bond donors (Lipinski definition) is 1. The Balaban J connectivity index is 1.36. The number of carboxylic acid groups (broad SMARTS) is 1. The Bertz CT molecular complexity index is 1370. The lowest BCUT2D eigenvalue weighted by molar-refractivity contribution is -0.143. The average Bonchev–Trinajstić information content (AvgIpc) is 3.26. The molecule has 0 spiro atoms. The molecule has 0 unspecified atom stereocenters. The number of rotatable bonds is 7. The van der Waals surface area contributed by atoms with Crippen molar-refractivity contribution >= 4 is 5.97 Å². The zero-order chi connectivity index (χ0) is 25.1. The van der Waals surface area contributed by atoms with Crippen LogP contribution in [0.1, 0.15) is 42.8 Å². The minimum absolute atomic E-state index is 0.110. The summed E-state index contributed by atoms with van der Waals surface area (Å²) in [7, 11) is 1.87. The molecule has 4 aromatic rings. The maximum atomic E-state index is 11.4. The lowest BCUT2D eigenvalue weighted by Crippen LogP contribution is -2.29. The average molecular weight is 484 g/mol. The van der Waals surface area contributed by atoms with Crippen LogP contribution in [0.25, 0.3) is 22.5 Å². The van der Waals surface area contributed by atoms with E-state index in [-0.39, 0.29) is 12.0 Å². The third kappa shape index (κ3) is 5.12. The SMILES string of the molecule is Cc1nc(-c2nnn(C)c2Cc2cc(-c3ccccc3)ccn2)ccc1O[C@H]1CCC[C@H](C(=O)O)C1. The lowest BCUT2D eigenvalue weighted by atomic mass is 9.87. The summed E-state index contributed by atoms with van der Waals surface area (Å²) in [6.07, 6.45) is 5.24. The Labute approximate surface area is 210 Å². The fourth-order valence-corrected chi connectivity index (χ4v) is 4.79. The van der Waals surface area contributed by atoms with Crippen LogP contribution in [0.4, 0.5) is 0 Å². The van der Waals surface area contributed by atoms with Gasteiger partial charge in [0.1, 0.15) is 11.4 Å². The van der Waals surface area contributed by atoms with Gasteiger partial charge in [-0.25, -0.2) is 4.98 Å². The number of aliphatic carboxylic acids is 1. The molecule has 8 nitrogen and oxygen atoms in total. The summed E-state index contributed by atoms with van der Waals surface area (Å²) < 4.78 is 7.93. The smallest absolute Gasteiger partial charge is 0.306 e. The Morgan fingerprint density at radius 1 is 1.11 bits per heavy atom. The van der Waals surface area contributed by atoms with Crippen molar-refractivity contribution in [1.29, 1.82) is 0 Å². The molecule has 0 amide bonds. The lowest BCUT2D eigenvalue weighted by Gasteiger charge is -2.27. The van der Waals surface area contributed by atoms with Gasteiger partial charge in [-0.05, 0) is 68.0 Å². The van der Waals surface area contributed by atoms with Crippen molar-refractivity contribution in [3.8, 4) is 28.3 Å². The molecule has 1 aliphatic rings. The second-order valence-corrected chi connectivity index (χ2v) is 9.31. The second kappa shape index (κ2) is 10.3. The van der Waals surface area contributed by atoms with Crippen LogP contribution in [-0.2, 0) is 18.3 Å². The monoisotopic (exact) mass is 483 g/mol. The fourth-order valence-electron chi connectivity index (χ4n) is 4.79. The molecule has 36 heavy (non-hydrogen) atoms. The van der Waals surface area contributed by atoms with Crippen molar-refractivity contribution in [2.75, 3.05) is 0 Å². The van der Waals surface area contributed by atoms with Gasteiger partial charge < -0.3 is 9.84 Å². The van der Waals surface area contributed by atoms with Gasteiger partial charge in [-0.15, -0.1) is 5.10 Å². The van der Waals surface area contributed by atoms with E-state index in [0.717, 1.165) is 41.1 Å². The highest BCUT2D eigenvalue weighted by Gasteiger charge is 2.28. The summed E-state index contributed by atoms with van der Waals surface area (Å²) in [6.45, 7) is 1.90. The number of aromatic nitrogens is 5. The molecule has 3 aromatic heterocycles. The Morgan fingerprint density at radius 2 is 1.94 bits per heavy atom. The normalized spacial score (nSPS) is 17.6. The first-order valence-corrected chi connectivity index (χ1v) is 12.2. The minimum Gasteiger partial charge on any atom is -0.489 e. The zero-order valence-electron chi connectivity index (χ0n) is 20.5. The van der Waals surface area contributed by atoms with Crippen molar-refractivity contribution in [2.45, 2.75) is 45.1 Å². The largest absolute Gasteiger partial charge is 0.489 e. The van der Waals surface area contributed by atoms with Gasteiger partial charge in [0.15, 0.2) is 0 Å². The molecule has 0 radical (unpaired) electrons. The maximum absolute atomic E-state index is 11.4. The van der Waals surface area contributed by atoms with Crippen molar-refractivity contribution in [3.05, 3.63) is 77.9 Å². The van der Waals surface area contributed by atoms with Crippen molar-refractivity contribution in [1.82, 2.24) is 25.0 Å². The molecule has 3 heterocycles. The molecule has 0 bridgehead atoms. The molecule has 5 rings (SSSR count). The first-order chi connectivity index (χ1) is 17.5. The predicted octanol–water partition coefficient (Wildman–Crippen LogP) is 4.86. The molecule has 1 aromatic carbocycles. The van der Waals surface area contributed by atoms with E-state index in [9.17, 15) is 9.90 Å². The summed E-state index contributed by atoms with van der Waals surface area (Å²) in [5.74, 6) is -0.405. The summed E-state index contributed by atoms with van der Waals surface area (Å²) in [5.41, 5.74) is 6.27. The summed E-state index contributed by atoms with van der Waals surface area (Å²) in [6, 6.07) is 18.1. The standard InChI is InChI=1S/C28H29N5O3/c1-18-26(36-23-10-6-9-21(16-23)28(34)35)12-11-24(30-18)27-25(33(2)32-31-27)17-22-15-20(13-14-29-22)19-7-4-3-5-8-19/h3-5,7-8,11-15,21,23H,6,9-10,16-17H2,1-2H3,(H,34,35)/t21-,23-/m0/s1. The van der Waals surface area contributed by atoms with E-state index < -0.39 is 5.97 Å². The van der Waals surface area contributed by atoms with E-state index in [0.29, 0.717) is 36.4 Å². The first kappa shape index (κ1) is 23.7. The third-order valence-electron chi connectivity index (χ3n) is 6.76. The maximum Gasteiger partial charge on any atom is 0.306 e. The van der Waals surface area contributed by atoms with Crippen molar-refractivity contribution in [2.24, 2.45) is 13.0 Å². The molecule has 184 valence electrons. The van der Waals surface area contributed by atoms with Gasteiger partial charge in [-0.3, -0.25) is 14.5 Å². The Morgan fingerprint density at radius 3 is 2.72 bits per heavy atom. The van der Waals surface area contributed by atoms with E-state index in [1.807, 2.05) is 56.6 Å². The van der Waals surface area contributed by atoms with Crippen LogP contribution in [-0.4, -0.2) is 42.1 Å². The first-order valence-electron chi connectivity index (χ1n) is 12.2. The van der Waals surface area contributed by atoms with Crippen LogP contribution >= 0.6 is 0 Å². The predicted molar refractivity (Wildman–Crippen MR) is 135 cm³/mol. The van der Waals surface area contributed by atoms with Gasteiger partial charge in [-0.2, -0.15) is 0 Å². The molecular weight excluding hydrogens is 454 g/mol. The third-order valence-corrected chi connectivity index (χ3v) is 6.76. The van der Waals surface area contributed by atoms with Crippen LogP contribution in [0.3, 0.4) is 0 Å². The van der Waals surface area contributed by atoms with E-state index in [4.69, 9.17) is 9.72 Å². The molecular formula is C28H29N5O3. The Hall–Kier alpha value is -4.07. The molecule has 1 aliphatic carbocycles. The topological polar surface area (TPSA) is 103 Å². The molecule has 0 aliphatic heterocycles. The summed E-state index contributed by atoms with van der Waals surface area (Å²) in [4.78, 5) is 20.7. The number of nitrogens with zero attached hydrogens (tertiary/aromatic N) is 5. The van der Waals surface area contributed by atoms with Crippen LogP contribution in [0.2, 0.25) is 0 Å². The van der Waals surface area contributed by atoms with Crippen LogP contribution in [0.15, 0.2) is 60.8 Å². The van der Waals surface area contributed by atoms with Crippen molar-refractivity contribution in [3.63, 3.8) is 0 Å². The second-order valence-electron chi connectivity index (χ2n) is 9.31. The number of carbonyl (C=O) groups is 1. The number of ether oxygens (including phenoxy) is 1. The molecule has 1 N–H and O–H groups in total. The van der Waals surface area contributed by atoms with E-state index in [2.05, 4.69) is 33.5 Å². The van der Waals surface area contributed by atoms with Crippen LogP contribution < -0.4 is 4.74 Å². The van der Waals surface area contributed by atoms with E-state index in [1.165, 1.54) is 0 Å². The highest BCUT2D eigenvalue weighted by Crippen LogP contribution is 2.31. The molecule has 0 saturated heterocycles. The van der Waals surface area contributed by atoms with E-state index in [1.54, 1.807) is 4.68 Å². The van der Waals surface area contributed by atoms with Gasteiger partial charge in [0.25, 0.3) is 0 Å². The minimum atomic E-state index is -0.743. The molecule has 8 heteroatoms. The molecule has 2 atom stereocenters. The van der Waals surface area contributed by atoms with Crippen LogP contribution in [0.5, 0.6) is 5.75 Å². The number of pyridine rings is 2. The number of benzene rings is 1. The summed E-state index contributed by atoms with van der Waals surface area (Å²) >= 11 is 0. The Kier molecular flexibility index (Phi) is 6.75. The van der Waals surface area contributed by atoms with Gasteiger partial charge >= 0.3 is 5.97 Å². The fraction of sp³-hybridized carbons (Fsp3) is 0.321. The van der Waals surface area contributed by atoms with E-state index >= 15 is 0 Å². The highest BCUT2D eigenvalue weighted by molar-refractivity contribution is 5.70. The number of aryl methyl sites for hydroxylation is 2. The molecule has 1 saturated carbocycles. The number of carboxylic acids is 1. The molecule has 1 fully saturated rings. The van der Waals surface area contributed by atoms with Gasteiger partial charge in [-0.1, -0.05) is 35.5 Å². The van der Waals surface area contributed by atoms with Gasteiger partial charge in [0.2, 0.25) is 0 Å². The zero-order valence-corrected chi connectivity index (χ0v) is 20.5. The highest BCUT2D eigenvalue weighted by atomic mass is 16.5. The van der Waals surface area contributed by atoms with Gasteiger partial charge in [0, 0.05) is 25.4 Å². The van der Waals surface area contributed by atoms with Crippen molar-refractivity contribution < 1.29 is 14.6 Å².